The molecule has 2 N–H and O–H groups in total. The van der Waals surface area contributed by atoms with Gasteiger partial charge in [-0.05, 0) is 31.4 Å². The average molecular weight is 247 g/mol. The first-order chi connectivity index (χ1) is 8.77. The molecule has 1 aliphatic rings. The summed E-state index contributed by atoms with van der Waals surface area (Å²) in [7, 11) is -1.62. The Balaban J connectivity index is 2.10. The first-order valence-electron chi connectivity index (χ1n) is 6.08. The molecule has 0 bridgehead atoms. The van der Waals surface area contributed by atoms with Crippen molar-refractivity contribution in [3.05, 3.63) is 18.3 Å². The molecule has 1 saturated heterocycles. The Kier molecular flexibility index (Phi) is 3.03. The molecule has 3 heterocycles. The highest BCUT2D eigenvalue weighted by Gasteiger charge is 2.26. The third kappa shape index (κ3) is 1.90. The number of aromatic nitrogens is 3. The standard InChI is InChI=1S/C11H14BN3O3/c16-12(17)11-10-8(4-3-6-13-10)15(14-11)9-5-1-2-7-18-9/h3-4,6,9,16-17H,1-2,5,7H2. The minimum absolute atomic E-state index is 0.141. The highest BCUT2D eigenvalue weighted by atomic mass is 16.5. The molecule has 0 radical (unpaired) electrons. The molecule has 2 aromatic heterocycles. The summed E-state index contributed by atoms with van der Waals surface area (Å²) in [5.74, 6) is 0. The van der Waals surface area contributed by atoms with Gasteiger partial charge in [-0.25, -0.2) is 4.68 Å². The molecule has 0 aromatic carbocycles. The Morgan fingerprint density at radius 2 is 2.28 bits per heavy atom. The topological polar surface area (TPSA) is 80.4 Å². The van der Waals surface area contributed by atoms with Crippen molar-refractivity contribution in [3.63, 3.8) is 0 Å². The van der Waals surface area contributed by atoms with E-state index in [1.54, 1.807) is 16.9 Å². The van der Waals surface area contributed by atoms with Gasteiger partial charge < -0.3 is 14.8 Å². The first kappa shape index (κ1) is 11.6. The van der Waals surface area contributed by atoms with Crippen molar-refractivity contribution in [3.8, 4) is 0 Å². The molecule has 1 unspecified atom stereocenters. The van der Waals surface area contributed by atoms with E-state index in [9.17, 15) is 10.0 Å². The second kappa shape index (κ2) is 4.68. The maximum atomic E-state index is 9.33. The molecule has 0 aliphatic carbocycles. The molecule has 1 fully saturated rings. The summed E-state index contributed by atoms with van der Waals surface area (Å²) in [6, 6.07) is 3.66. The van der Waals surface area contributed by atoms with E-state index in [1.807, 2.05) is 6.07 Å². The number of nitrogens with zero attached hydrogens (tertiary/aromatic N) is 3. The smallest absolute Gasteiger partial charge is 0.422 e. The van der Waals surface area contributed by atoms with Gasteiger partial charge in [0, 0.05) is 12.8 Å². The lowest BCUT2D eigenvalue weighted by atomic mass is 9.85. The number of rotatable bonds is 2. The van der Waals surface area contributed by atoms with Gasteiger partial charge in [0.15, 0.2) is 6.23 Å². The van der Waals surface area contributed by atoms with Gasteiger partial charge in [-0.1, -0.05) is 0 Å². The minimum Gasteiger partial charge on any atom is -0.422 e. The highest BCUT2D eigenvalue weighted by molar-refractivity contribution is 6.60. The monoisotopic (exact) mass is 247 g/mol. The third-order valence-electron chi connectivity index (χ3n) is 3.16. The molecule has 6 nitrogen and oxygen atoms in total. The summed E-state index contributed by atoms with van der Waals surface area (Å²) in [5, 5.41) is 22.9. The van der Waals surface area contributed by atoms with Gasteiger partial charge in [-0.2, -0.15) is 5.10 Å². The Labute approximate surface area is 104 Å². The van der Waals surface area contributed by atoms with Crippen LogP contribution in [0.1, 0.15) is 25.5 Å². The van der Waals surface area contributed by atoms with Gasteiger partial charge >= 0.3 is 7.12 Å². The molecule has 2 aromatic rings. The van der Waals surface area contributed by atoms with Crippen molar-refractivity contribution in [1.82, 2.24) is 14.8 Å². The van der Waals surface area contributed by atoms with Crippen molar-refractivity contribution in [2.45, 2.75) is 25.5 Å². The Morgan fingerprint density at radius 3 is 3.00 bits per heavy atom. The van der Waals surface area contributed by atoms with E-state index in [0.29, 0.717) is 12.1 Å². The maximum absolute atomic E-state index is 9.33. The van der Waals surface area contributed by atoms with Crippen LogP contribution in [-0.2, 0) is 4.74 Å². The van der Waals surface area contributed by atoms with Crippen LogP contribution in [-0.4, -0.2) is 38.5 Å². The molecule has 7 heteroatoms. The Hall–Kier alpha value is -1.44. The van der Waals surface area contributed by atoms with Crippen LogP contribution in [0.2, 0.25) is 0 Å². The van der Waals surface area contributed by atoms with E-state index in [2.05, 4.69) is 10.1 Å². The van der Waals surface area contributed by atoms with Crippen molar-refractivity contribution < 1.29 is 14.8 Å². The Morgan fingerprint density at radius 1 is 1.39 bits per heavy atom. The van der Waals surface area contributed by atoms with Crippen LogP contribution in [0.5, 0.6) is 0 Å². The predicted molar refractivity (Wildman–Crippen MR) is 66.2 cm³/mol. The van der Waals surface area contributed by atoms with Gasteiger partial charge in [0.05, 0.1) is 5.52 Å². The highest BCUT2D eigenvalue weighted by Crippen LogP contribution is 2.24. The van der Waals surface area contributed by atoms with Crippen molar-refractivity contribution in [2.24, 2.45) is 0 Å². The summed E-state index contributed by atoms with van der Waals surface area (Å²) in [4.78, 5) is 4.16. The Bertz CT molecular complexity index is 551. The minimum atomic E-state index is -1.62. The van der Waals surface area contributed by atoms with E-state index in [4.69, 9.17) is 4.74 Å². The summed E-state index contributed by atoms with van der Waals surface area (Å²) in [5.41, 5.74) is 1.47. The molecule has 0 spiro atoms. The van der Waals surface area contributed by atoms with E-state index in [-0.39, 0.29) is 11.8 Å². The maximum Gasteiger partial charge on any atom is 0.512 e. The van der Waals surface area contributed by atoms with Gasteiger partial charge in [-0.15, -0.1) is 0 Å². The summed E-state index contributed by atoms with van der Waals surface area (Å²) in [6.07, 6.45) is 4.50. The van der Waals surface area contributed by atoms with Crippen LogP contribution in [0.25, 0.3) is 11.0 Å². The second-order valence-electron chi connectivity index (χ2n) is 4.40. The SMILES string of the molecule is OB(O)c1nn(C2CCCCO2)c2cccnc12. The normalized spacial score (nSPS) is 20.2. The lowest BCUT2D eigenvalue weighted by molar-refractivity contribution is -0.0364. The lowest BCUT2D eigenvalue weighted by Crippen LogP contribution is -2.33. The fraction of sp³-hybridized carbons (Fsp3) is 0.455. The zero-order chi connectivity index (χ0) is 12.5. The van der Waals surface area contributed by atoms with E-state index in [0.717, 1.165) is 24.8 Å². The largest absolute Gasteiger partial charge is 0.512 e. The number of fused-ring (bicyclic) bond motifs is 1. The zero-order valence-corrected chi connectivity index (χ0v) is 9.86. The van der Waals surface area contributed by atoms with Gasteiger partial charge in [0.1, 0.15) is 11.1 Å². The van der Waals surface area contributed by atoms with Crippen molar-refractivity contribution in [2.75, 3.05) is 6.61 Å². The van der Waals surface area contributed by atoms with E-state index >= 15 is 0 Å². The van der Waals surface area contributed by atoms with Crippen LogP contribution in [0.3, 0.4) is 0 Å². The van der Waals surface area contributed by atoms with E-state index in [1.165, 1.54) is 0 Å². The second-order valence-corrected chi connectivity index (χ2v) is 4.40. The zero-order valence-electron chi connectivity index (χ0n) is 9.86. The van der Waals surface area contributed by atoms with Gasteiger partial charge in [-0.3, -0.25) is 4.98 Å². The van der Waals surface area contributed by atoms with Crippen molar-refractivity contribution in [1.29, 1.82) is 0 Å². The number of hydrogen-bond acceptors (Lipinski definition) is 5. The van der Waals surface area contributed by atoms with Crippen LogP contribution >= 0.6 is 0 Å². The predicted octanol–water partition coefficient (Wildman–Crippen LogP) is -0.190. The molecule has 1 aliphatic heterocycles. The van der Waals surface area contributed by atoms with Crippen LogP contribution in [0.4, 0.5) is 0 Å². The number of hydrogen-bond donors (Lipinski definition) is 2. The van der Waals surface area contributed by atoms with Crippen LogP contribution in [0.15, 0.2) is 18.3 Å². The molecule has 18 heavy (non-hydrogen) atoms. The molecule has 0 amide bonds. The number of ether oxygens (including phenoxy) is 1. The van der Waals surface area contributed by atoms with Gasteiger partial charge in [0.25, 0.3) is 0 Å². The van der Waals surface area contributed by atoms with Crippen LogP contribution < -0.4 is 5.59 Å². The van der Waals surface area contributed by atoms with Crippen molar-refractivity contribution >= 4 is 23.7 Å². The molecule has 0 saturated carbocycles. The lowest BCUT2D eigenvalue weighted by Gasteiger charge is -2.23. The summed E-state index contributed by atoms with van der Waals surface area (Å²) < 4.78 is 7.38. The fourth-order valence-corrected chi connectivity index (χ4v) is 2.31. The molecule has 1 atom stereocenters. The molecular formula is C11H14BN3O3. The summed E-state index contributed by atoms with van der Waals surface area (Å²) >= 11 is 0. The molecule has 94 valence electrons. The number of pyridine rings is 1. The average Bonchev–Trinajstić information content (AvgIpc) is 2.79. The van der Waals surface area contributed by atoms with Crippen LogP contribution in [0, 0.1) is 0 Å². The third-order valence-corrected chi connectivity index (χ3v) is 3.16. The quantitative estimate of drug-likeness (QED) is 0.719. The molecular weight excluding hydrogens is 233 g/mol. The summed E-state index contributed by atoms with van der Waals surface area (Å²) in [6.45, 7) is 0.712. The van der Waals surface area contributed by atoms with E-state index < -0.39 is 7.12 Å². The fourth-order valence-electron chi connectivity index (χ4n) is 2.31. The first-order valence-corrected chi connectivity index (χ1v) is 6.08. The van der Waals surface area contributed by atoms with Gasteiger partial charge in [0.2, 0.25) is 0 Å². The molecule has 3 rings (SSSR count).